The molecule has 172 valence electrons. The lowest BCUT2D eigenvalue weighted by atomic mass is 10.2. The van der Waals surface area contributed by atoms with E-state index in [0.717, 1.165) is 16.9 Å². The van der Waals surface area contributed by atoms with Crippen LogP contribution in [0.1, 0.15) is 11.1 Å². The molecular formula is C26H18N4O4S. The molecule has 1 heterocycles. The summed E-state index contributed by atoms with van der Waals surface area (Å²) in [6, 6.07) is 23.6. The molecule has 3 aromatic carbocycles. The molecule has 35 heavy (non-hydrogen) atoms. The molecule has 0 saturated heterocycles. The zero-order chi connectivity index (χ0) is 24.9. The van der Waals surface area contributed by atoms with Crippen molar-refractivity contribution < 1.29 is 9.72 Å². The molecule has 8 nitrogen and oxygen atoms in total. The first-order valence-electron chi connectivity index (χ1n) is 10.4. The molecule has 0 aliphatic heterocycles. The Morgan fingerprint density at radius 2 is 1.80 bits per heavy atom. The zero-order valence-corrected chi connectivity index (χ0v) is 19.3. The molecular weight excluding hydrogens is 464 g/mol. The van der Waals surface area contributed by atoms with E-state index in [9.17, 15) is 25.0 Å². The number of hydrogen-bond donors (Lipinski definition) is 1. The van der Waals surface area contributed by atoms with Crippen LogP contribution < -0.4 is 20.1 Å². The van der Waals surface area contributed by atoms with Gasteiger partial charge in [0.15, 0.2) is 5.57 Å². The Morgan fingerprint density at radius 3 is 2.43 bits per heavy atom. The van der Waals surface area contributed by atoms with Crippen LogP contribution in [0.15, 0.2) is 83.7 Å². The van der Waals surface area contributed by atoms with Gasteiger partial charge in [-0.2, -0.15) is 5.26 Å². The number of nitro benzene ring substituents is 1. The van der Waals surface area contributed by atoms with Crippen LogP contribution >= 0.6 is 11.3 Å². The van der Waals surface area contributed by atoms with Crippen molar-refractivity contribution in [3.63, 3.8) is 0 Å². The number of nitrogens with zero attached hydrogens (tertiary/aromatic N) is 3. The summed E-state index contributed by atoms with van der Waals surface area (Å²) in [6.45, 7) is 1.89. The van der Waals surface area contributed by atoms with Crippen LogP contribution in [0.4, 0.5) is 11.4 Å². The number of carbonyl (C=O) groups is 1. The first-order valence-corrected chi connectivity index (χ1v) is 11.2. The number of amides is 1. The van der Waals surface area contributed by atoms with Crippen molar-refractivity contribution in [1.29, 1.82) is 5.26 Å². The van der Waals surface area contributed by atoms with Crippen molar-refractivity contribution >= 4 is 40.3 Å². The Balaban J connectivity index is 1.92. The van der Waals surface area contributed by atoms with Crippen molar-refractivity contribution in [2.24, 2.45) is 0 Å². The van der Waals surface area contributed by atoms with Crippen molar-refractivity contribution in [2.75, 3.05) is 5.32 Å². The third-order valence-electron chi connectivity index (χ3n) is 5.07. The lowest BCUT2D eigenvalue weighted by molar-refractivity contribution is -0.384. The van der Waals surface area contributed by atoms with Crippen molar-refractivity contribution in [3.8, 4) is 11.8 Å². The van der Waals surface area contributed by atoms with Crippen LogP contribution in [0.2, 0.25) is 0 Å². The molecule has 4 aromatic rings. The van der Waals surface area contributed by atoms with Gasteiger partial charge in [0, 0.05) is 17.8 Å². The smallest absolute Gasteiger partial charge is 0.273 e. The van der Waals surface area contributed by atoms with Gasteiger partial charge in [0.05, 0.1) is 15.1 Å². The molecule has 4 rings (SSSR count). The molecule has 0 atom stereocenters. The molecule has 0 spiro atoms. The molecule has 0 aliphatic carbocycles. The van der Waals surface area contributed by atoms with Crippen molar-refractivity contribution in [2.45, 2.75) is 6.92 Å². The van der Waals surface area contributed by atoms with Gasteiger partial charge in [0.1, 0.15) is 10.7 Å². The lowest BCUT2D eigenvalue weighted by Gasteiger charge is -2.06. The Labute approximate surface area is 203 Å². The highest BCUT2D eigenvalue weighted by atomic mass is 32.1. The van der Waals surface area contributed by atoms with E-state index < -0.39 is 16.4 Å². The molecule has 1 aromatic heterocycles. The van der Waals surface area contributed by atoms with E-state index in [2.05, 4.69) is 5.32 Å². The molecule has 9 heteroatoms. The Hall–Kier alpha value is -4.81. The molecule has 0 saturated carbocycles. The molecule has 0 fully saturated rings. The van der Waals surface area contributed by atoms with E-state index >= 15 is 0 Å². The van der Waals surface area contributed by atoms with Gasteiger partial charge in [-0.15, -0.1) is 11.3 Å². The summed E-state index contributed by atoms with van der Waals surface area (Å²) in [5.74, 6) is -0.633. The number of nitrogens with one attached hydrogen (secondary N) is 1. The van der Waals surface area contributed by atoms with E-state index in [1.54, 1.807) is 54.6 Å². The van der Waals surface area contributed by atoms with Crippen LogP contribution in [0.25, 0.3) is 17.3 Å². The fourth-order valence-electron chi connectivity index (χ4n) is 3.42. The van der Waals surface area contributed by atoms with Crippen molar-refractivity contribution in [1.82, 2.24) is 4.57 Å². The number of thiazole rings is 1. The van der Waals surface area contributed by atoms with Gasteiger partial charge in [-0.25, -0.2) is 0 Å². The number of anilines is 1. The number of para-hydroxylation sites is 1. The van der Waals surface area contributed by atoms with E-state index in [-0.39, 0.29) is 20.5 Å². The van der Waals surface area contributed by atoms with Gasteiger partial charge >= 0.3 is 0 Å². The predicted molar refractivity (Wildman–Crippen MR) is 135 cm³/mol. The molecule has 0 unspecified atom stereocenters. The molecule has 0 aliphatic rings. The van der Waals surface area contributed by atoms with E-state index in [4.69, 9.17) is 0 Å². The lowest BCUT2D eigenvalue weighted by Crippen LogP contribution is -2.32. The number of aromatic nitrogens is 1. The van der Waals surface area contributed by atoms with Gasteiger partial charge in [-0.05, 0) is 60.5 Å². The van der Waals surface area contributed by atoms with Gasteiger partial charge in [0.2, 0.25) is 0 Å². The minimum absolute atomic E-state index is 0.0661. The summed E-state index contributed by atoms with van der Waals surface area (Å²) in [4.78, 5) is 36.9. The second-order valence-corrected chi connectivity index (χ2v) is 8.58. The Kier molecular flexibility index (Phi) is 6.66. The minimum Gasteiger partial charge on any atom is -0.321 e. The van der Waals surface area contributed by atoms with Crippen molar-refractivity contribution in [3.05, 3.63) is 120 Å². The van der Waals surface area contributed by atoms with Crippen LogP contribution in [0.3, 0.4) is 0 Å². The number of non-ortho nitro benzene ring substituents is 1. The third-order valence-corrected chi connectivity index (χ3v) is 6.16. The van der Waals surface area contributed by atoms with Crippen LogP contribution in [0, 0.1) is 28.4 Å². The fourth-order valence-corrected chi connectivity index (χ4v) is 4.52. The average Bonchev–Trinajstić information content (AvgIpc) is 3.15. The topological polar surface area (TPSA) is 118 Å². The minimum atomic E-state index is -0.633. The van der Waals surface area contributed by atoms with E-state index in [0.29, 0.717) is 16.9 Å². The van der Waals surface area contributed by atoms with Gasteiger partial charge in [-0.1, -0.05) is 30.3 Å². The highest BCUT2D eigenvalue weighted by molar-refractivity contribution is 7.07. The molecule has 1 N–H and O–H groups in total. The quantitative estimate of drug-likeness (QED) is 0.346. The normalized spacial score (nSPS) is 12.1. The summed E-state index contributed by atoms with van der Waals surface area (Å²) in [6.07, 6.45) is 1.58. The van der Waals surface area contributed by atoms with Gasteiger partial charge in [0.25, 0.3) is 17.2 Å². The van der Waals surface area contributed by atoms with Gasteiger partial charge < -0.3 is 5.32 Å². The van der Waals surface area contributed by atoms with Crippen LogP contribution in [-0.2, 0) is 4.79 Å². The molecule has 0 bridgehead atoms. The Morgan fingerprint density at radius 1 is 1.09 bits per heavy atom. The zero-order valence-electron chi connectivity index (χ0n) is 18.5. The summed E-state index contributed by atoms with van der Waals surface area (Å²) in [5, 5.41) is 23.5. The standard InChI is InChI=1S/C26H18N4O4S/c1-17-6-5-7-19(14-17)28-24(31)22(16-27)26-29(20-8-3-2-4-9-20)25(32)23(35-26)15-18-10-12-21(13-11-18)30(33)34/h2-15H,1H3,(H,28,31)/b23-15+,26-22-. The number of rotatable bonds is 5. The SMILES string of the molecule is Cc1cccc(NC(=O)/C(C#N)=c2\s/c(=C/c3ccc([N+](=O)[O-])cc3)c(=O)n2-c2ccccc2)c1. The Bertz CT molecular complexity index is 1650. The first-order chi connectivity index (χ1) is 16.9. The van der Waals surface area contributed by atoms with Gasteiger partial charge in [-0.3, -0.25) is 24.3 Å². The van der Waals surface area contributed by atoms with E-state index in [1.165, 1.54) is 28.8 Å². The predicted octanol–water partition coefficient (Wildman–Crippen LogP) is 3.26. The van der Waals surface area contributed by atoms with Crippen LogP contribution in [-0.4, -0.2) is 15.4 Å². The average molecular weight is 483 g/mol. The monoisotopic (exact) mass is 482 g/mol. The maximum atomic E-state index is 13.4. The fraction of sp³-hybridized carbons (Fsp3) is 0.0385. The largest absolute Gasteiger partial charge is 0.321 e. The number of benzene rings is 3. The second kappa shape index (κ2) is 9.99. The maximum absolute atomic E-state index is 13.4. The number of aryl methyl sites for hydroxylation is 1. The number of nitro groups is 1. The second-order valence-electron chi connectivity index (χ2n) is 7.55. The highest BCUT2D eigenvalue weighted by Crippen LogP contribution is 2.13. The summed E-state index contributed by atoms with van der Waals surface area (Å²) in [7, 11) is 0. The maximum Gasteiger partial charge on any atom is 0.273 e. The number of carbonyl (C=O) groups excluding carboxylic acids is 1. The summed E-state index contributed by atoms with van der Waals surface area (Å²) >= 11 is 1.00. The summed E-state index contributed by atoms with van der Waals surface area (Å²) in [5.41, 5.74) is 1.87. The molecule has 0 radical (unpaired) electrons. The summed E-state index contributed by atoms with van der Waals surface area (Å²) < 4.78 is 1.78. The first kappa shape index (κ1) is 23.4. The van der Waals surface area contributed by atoms with E-state index in [1.807, 2.05) is 19.1 Å². The highest BCUT2D eigenvalue weighted by Gasteiger charge is 2.17. The molecule has 1 amide bonds. The number of hydrogen-bond acceptors (Lipinski definition) is 6. The van der Waals surface area contributed by atoms with Crippen LogP contribution in [0.5, 0.6) is 0 Å². The number of nitriles is 1. The third kappa shape index (κ3) is 5.08.